The molecule has 1 fully saturated rings. The molecular formula is C22H28O. The van der Waals surface area contributed by atoms with Crippen molar-refractivity contribution in [2.24, 2.45) is 17.8 Å². The zero-order valence-electron chi connectivity index (χ0n) is 14.2. The summed E-state index contributed by atoms with van der Waals surface area (Å²) in [6.07, 6.45) is 16.5. The van der Waals surface area contributed by atoms with Crippen molar-refractivity contribution < 1.29 is 4.42 Å². The molecule has 0 amide bonds. The van der Waals surface area contributed by atoms with E-state index in [1.165, 1.54) is 55.9 Å². The average Bonchev–Trinajstić information content (AvgIpc) is 3.09. The van der Waals surface area contributed by atoms with E-state index in [2.05, 4.69) is 43.3 Å². The Bertz CT molecular complexity index is 672. The summed E-state index contributed by atoms with van der Waals surface area (Å²) < 4.78 is 5.48. The Balaban J connectivity index is 1.46. The van der Waals surface area contributed by atoms with Crippen molar-refractivity contribution in [1.82, 2.24) is 0 Å². The molecule has 2 atom stereocenters. The van der Waals surface area contributed by atoms with Gasteiger partial charge < -0.3 is 4.42 Å². The van der Waals surface area contributed by atoms with Gasteiger partial charge in [-0.05, 0) is 73.1 Å². The quantitative estimate of drug-likeness (QED) is 0.575. The third kappa shape index (κ3) is 3.11. The van der Waals surface area contributed by atoms with Crippen LogP contribution in [0.1, 0.15) is 63.4 Å². The van der Waals surface area contributed by atoms with Crippen LogP contribution < -0.4 is 0 Å². The summed E-state index contributed by atoms with van der Waals surface area (Å²) >= 11 is 0. The maximum atomic E-state index is 5.48. The van der Waals surface area contributed by atoms with Gasteiger partial charge in [0.05, 0.1) is 6.26 Å². The van der Waals surface area contributed by atoms with Crippen LogP contribution in [-0.4, -0.2) is 0 Å². The Kier molecular flexibility index (Phi) is 4.29. The Labute approximate surface area is 139 Å². The lowest BCUT2D eigenvalue weighted by Gasteiger charge is -2.36. The summed E-state index contributed by atoms with van der Waals surface area (Å²) in [5.74, 6) is 3.41. The zero-order chi connectivity index (χ0) is 15.6. The van der Waals surface area contributed by atoms with E-state index in [1.54, 1.807) is 6.26 Å². The Morgan fingerprint density at radius 3 is 2.78 bits per heavy atom. The first kappa shape index (κ1) is 15.1. The fourth-order valence-corrected chi connectivity index (χ4v) is 4.81. The van der Waals surface area contributed by atoms with Gasteiger partial charge in [-0.25, -0.2) is 0 Å². The highest BCUT2D eigenvalue weighted by atomic mass is 16.3. The minimum Gasteiger partial charge on any atom is -0.464 e. The molecule has 0 N–H and O–H groups in total. The molecule has 23 heavy (non-hydrogen) atoms. The molecule has 0 radical (unpaired) electrons. The van der Waals surface area contributed by atoms with Gasteiger partial charge >= 0.3 is 0 Å². The monoisotopic (exact) mass is 308 g/mol. The van der Waals surface area contributed by atoms with E-state index >= 15 is 0 Å². The fourth-order valence-electron chi connectivity index (χ4n) is 4.81. The van der Waals surface area contributed by atoms with Crippen LogP contribution in [0.15, 0.2) is 47.1 Å². The predicted molar refractivity (Wildman–Crippen MR) is 96.6 cm³/mol. The predicted octanol–water partition coefficient (Wildman–Crippen LogP) is 6.70. The second-order valence-electron chi connectivity index (χ2n) is 7.67. The van der Waals surface area contributed by atoms with Crippen molar-refractivity contribution in [2.75, 3.05) is 0 Å². The third-order valence-corrected chi connectivity index (χ3v) is 6.38. The van der Waals surface area contributed by atoms with Crippen LogP contribution in [-0.2, 0) is 0 Å². The molecule has 2 aliphatic rings. The van der Waals surface area contributed by atoms with Crippen molar-refractivity contribution in [3.05, 3.63) is 48.2 Å². The summed E-state index contributed by atoms with van der Waals surface area (Å²) in [4.78, 5) is 0. The third-order valence-electron chi connectivity index (χ3n) is 6.38. The second kappa shape index (κ2) is 6.55. The number of benzene rings is 1. The standard InChI is InChI=1S/C22H28O/c1-2-16-6-8-17(9-7-16)18-4-3-5-19(14-18)20-10-11-22-21(15-20)12-13-23-22/h3-4,10-13,15-19H,2,5-9,14H2,1H3/t16?,17?,18-,19?/m1/s1. The van der Waals surface area contributed by atoms with Crippen molar-refractivity contribution in [1.29, 1.82) is 0 Å². The lowest BCUT2D eigenvalue weighted by atomic mass is 9.70. The molecule has 0 aliphatic heterocycles. The largest absolute Gasteiger partial charge is 0.464 e. The van der Waals surface area contributed by atoms with Crippen LogP contribution in [0.4, 0.5) is 0 Å². The normalized spacial score (nSPS) is 31.5. The molecule has 1 saturated carbocycles. The smallest absolute Gasteiger partial charge is 0.133 e. The van der Waals surface area contributed by atoms with Crippen LogP contribution in [0.2, 0.25) is 0 Å². The van der Waals surface area contributed by atoms with Gasteiger partial charge in [-0.1, -0.05) is 44.4 Å². The van der Waals surface area contributed by atoms with Gasteiger partial charge in [-0.15, -0.1) is 0 Å². The maximum absolute atomic E-state index is 5.48. The van der Waals surface area contributed by atoms with Crippen LogP contribution in [0.25, 0.3) is 11.0 Å². The lowest BCUT2D eigenvalue weighted by Crippen LogP contribution is -2.23. The number of hydrogen-bond donors (Lipinski definition) is 0. The van der Waals surface area contributed by atoms with E-state index in [0.717, 1.165) is 23.3 Å². The molecule has 4 rings (SSSR count). The van der Waals surface area contributed by atoms with E-state index in [1.807, 2.05) is 0 Å². The molecule has 0 bridgehead atoms. The second-order valence-corrected chi connectivity index (χ2v) is 7.67. The van der Waals surface area contributed by atoms with Gasteiger partial charge in [0.2, 0.25) is 0 Å². The summed E-state index contributed by atoms with van der Waals surface area (Å²) in [5.41, 5.74) is 2.50. The maximum Gasteiger partial charge on any atom is 0.133 e. The van der Waals surface area contributed by atoms with Gasteiger partial charge in [-0.3, -0.25) is 0 Å². The van der Waals surface area contributed by atoms with Crippen molar-refractivity contribution in [3.8, 4) is 0 Å². The Hall–Kier alpha value is -1.50. The molecule has 2 aliphatic carbocycles. The highest BCUT2D eigenvalue weighted by Gasteiger charge is 2.29. The van der Waals surface area contributed by atoms with Gasteiger partial charge in [0.15, 0.2) is 0 Å². The average molecular weight is 308 g/mol. The minimum atomic E-state index is 0.688. The number of hydrogen-bond acceptors (Lipinski definition) is 1. The lowest BCUT2D eigenvalue weighted by molar-refractivity contribution is 0.209. The first-order chi connectivity index (χ1) is 11.3. The Morgan fingerprint density at radius 1 is 1.09 bits per heavy atom. The first-order valence-electron chi connectivity index (χ1n) is 9.47. The highest BCUT2D eigenvalue weighted by molar-refractivity contribution is 5.77. The molecule has 0 saturated heterocycles. The molecule has 1 nitrogen and oxygen atoms in total. The molecule has 1 unspecified atom stereocenters. The zero-order valence-corrected chi connectivity index (χ0v) is 14.2. The van der Waals surface area contributed by atoms with Crippen molar-refractivity contribution in [2.45, 2.75) is 57.8 Å². The van der Waals surface area contributed by atoms with Crippen LogP contribution in [0, 0.1) is 17.8 Å². The van der Waals surface area contributed by atoms with Crippen molar-refractivity contribution in [3.63, 3.8) is 0 Å². The van der Waals surface area contributed by atoms with Gasteiger partial charge in [0, 0.05) is 5.39 Å². The number of rotatable bonds is 3. The molecule has 2 aromatic rings. The molecule has 1 aromatic carbocycles. The molecule has 0 spiro atoms. The molecule has 1 heteroatoms. The molecular weight excluding hydrogens is 280 g/mol. The summed E-state index contributed by atoms with van der Waals surface area (Å²) in [6.45, 7) is 2.35. The summed E-state index contributed by atoms with van der Waals surface area (Å²) in [7, 11) is 0. The SMILES string of the molecule is CCC1CCC([C@@H]2C=CCC(c3ccc4occc4c3)C2)CC1. The molecule has 122 valence electrons. The summed E-state index contributed by atoms with van der Waals surface area (Å²) in [5, 5.41) is 1.25. The van der Waals surface area contributed by atoms with E-state index in [4.69, 9.17) is 4.42 Å². The van der Waals surface area contributed by atoms with E-state index < -0.39 is 0 Å². The van der Waals surface area contributed by atoms with Crippen LogP contribution in [0.3, 0.4) is 0 Å². The van der Waals surface area contributed by atoms with Crippen molar-refractivity contribution >= 4 is 11.0 Å². The van der Waals surface area contributed by atoms with Gasteiger partial charge in [0.25, 0.3) is 0 Å². The molecule has 1 aromatic heterocycles. The fraction of sp³-hybridized carbons (Fsp3) is 0.545. The molecule has 1 heterocycles. The number of allylic oxidation sites excluding steroid dienone is 2. The first-order valence-corrected chi connectivity index (χ1v) is 9.47. The number of fused-ring (bicyclic) bond motifs is 1. The van der Waals surface area contributed by atoms with E-state index in [9.17, 15) is 0 Å². The summed E-state index contributed by atoms with van der Waals surface area (Å²) in [6, 6.07) is 8.85. The minimum absolute atomic E-state index is 0.688. The van der Waals surface area contributed by atoms with Gasteiger partial charge in [-0.2, -0.15) is 0 Å². The van der Waals surface area contributed by atoms with Crippen LogP contribution >= 0.6 is 0 Å². The number of furan rings is 1. The van der Waals surface area contributed by atoms with E-state index in [0.29, 0.717) is 5.92 Å². The Morgan fingerprint density at radius 2 is 1.96 bits per heavy atom. The topological polar surface area (TPSA) is 13.1 Å². The van der Waals surface area contributed by atoms with Crippen LogP contribution in [0.5, 0.6) is 0 Å². The highest BCUT2D eigenvalue weighted by Crippen LogP contribution is 2.42. The van der Waals surface area contributed by atoms with Gasteiger partial charge in [0.1, 0.15) is 5.58 Å². The van der Waals surface area contributed by atoms with E-state index in [-0.39, 0.29) is 0 Å².